The summed E-state index contributed by atoms with van der Waals surface area (Å²) in [5.41, 5.74) is 4.17. The van der Waals surface area contributed by atoms with Gasteiger partial charge in [0.05, 0.1) is 5.56 Å². The SMILES string of the molecule is C[C@@H](N)Cc1cccc(C(F)(F)F)c1F. The highest BCUT2D eigenvalue weighted by atomic mass is 19.4. The summed E-state index contributed by atoms with van der Waals surface area (Å²) >= 11 is 0. The predicted molar refractivity (Wildman–Crippen MR) is 48.8 cm³/mol. The fourth-order valence-corrected chi connectivity index (χ4v) is 1.30. The van der Waals surface area contributed by atoms with Gasteiger partial charge in [-0.15, -0.1) is 0 Å². The average Bonchev–Trinajstić information content (AvgIpc) is 2.05. The number of rotatable bonds is 2. The Bertz CT molecular complexity index is 344. The Morgan fingerprint density at radius 3 is 2.40 bits per heavy atom. The minimum Gasteiger partial charge on any atom is -0.328 e. The minimum absolute atomic E-state index is 0.000162. The second kappa shape index (κ2) is 4.18. The Hall–Kier alpha value is -1.10. The largest absolute Gasteiger partial charge is 0.419 e. The second-order valence-corrected chi connectivity index (χ2v) is 3.46. The molecule has 0 saturated carbocycles. The molecule has 0 saturated heterocycles. The lowest BCUT2D eigenvalue weighted by Crippen LogP contribution is -2.19. The van der Waals surface area contributed by atoms with Gasteiger partial charge in [-0.05, 0) is 25.0 Å². The third kappa shape index (κ3) is 2.92. The van der Waals surface area contributed by atoms with Crippen molar-refractivity contribution in [3.05, 3.63) is 35.1 Å². The topological polar surface area (TPSA) is 26.0 Å². The van der Waals surface area contributed by atoms with Gasteiger partial charge >= 0.3 is 6.18 Å². The van der Waals surface area contributed by atoms with Gasteiger partial charge in [-0.2, -0.15) is 13.2 Å². The lowest BCUT2D eigenvalue weighted by molar-refractivity contribution is -0.140. The highest BCUT2D eigenvalue weighted by Gasteiger charge is 2.34. The van der Waals surface area contributed by atoms with Crippen molar-refractivity contribution in [2.24, 2.45) is 5.73 Å². The first-order valence-electron chi connectivity index (χ1n) is 4.42. The first kappa shape index (κ1) is 12.0. The average molecular weight is 221 g/mol. The zero-order valence-electron chi connectivity index (χ0n) is 8.11. The van der Waals surface area contributed by atoms with Gasteiger partial charge in [0.1, 0.15) is 5.82 Å². The van der Waals surface area contributed by atoms with Crippen LogP contribution in [0.5, 0.6) is 0 Å². The molecule has 1 aromatic carbocycles. The van der Waals surface area contributed by atoms with E-state index in [4.69, 9.17) is 5.73 Å². The number of nitrogens with two attached hydrogens (primary N) is 1. The molecule has 0 aromatic heterocycles. The van der Waals surface area contributed by atoms with Crippen molar-refractivity contribution in [1.82, 2.24) is 0 Å². The van der Waals surface area contributed by atoms with Crippen molar-refractivity contribution in [3.8, 4) is 0 Å². The molecule has 1 nitrogen and oxygen atoms in total. The second-order valence-electron chi connectivity index (χ2n) is 3.46. The Balaban J connectivity index is 3.12. The maximum absolute atomic E-state index is 13.4. The first-order valence-corrected chi connectivity index (χ1v) is 4.42. The van der Waals surface area contributed by atoms with Crippen LogP contribution in [0.1, 0.15) is 18.1 Å². The molecule has 0 unspecified atom stereocenters. The van der Waals surface area contributed by atoms with Crippen LogP contribution in [0.3, 0.4) is 0 Å². The summed E-state index contributed by atoms with van der Waals surface area (Å²) in [6.45, 7) is 1.61. The molecule has 0 radical (unpaired) electrons. The van der Waals surface area contributed by atoms with E-state index in [-0.39, 0.29) is 18.0 Å². The van der Waals surface area contributed by atoms with Gasteiger partial charge in [0.25, 0.3) is 0 Å². The van der Waals surface area contributed by atoms with Gasteiger partial charge in [-0.3, -0.25) is 0 Å². The van der Waals surface area contributed by atoms with E-state index >= 15 is 0 Å². The molecule has 0 aliphatic heterocycles. The Labute approximate surface area is 84.9 Å². The summed E-state index contributed by atoms with van der Waals surface area (Å²) < 4.78 is 50.2. The van der Waals surface area contributed by atoms with Crippen LogP contribution in [0.4, 0.5) is 17.6 Å². The predicted octanol–water partition coefficient (Wildman–Crippen LogP) is 2.73. The number of alkyl halides is 3. The highest BCUT2D eigenvalue weighted by Crippen LogP contribution is 2.32. The van der Waals surface area contributed by atoms with Crippen LogP contribution in [-0.2, 0) is 12.6 Å². The maximum Gasteiger partial charge on any atom is 0.419 e. The molecule has 1 atom stereocenters. The third-order valence-electron chi connectivity index (χ3n) is 1.93. The van der Waals surface area contributed by atoms with E-state index in [1.54, 1.807) is 6.92 Å². The Morgan fingerprint density at radius 2 is 1.93 bits per heavy atom. The van der Waals surface area contributed by atoms with E-state index in [1.165, 1.54) is 12.1 Å². The normalized spacial score (nSPS) is 14.0. The van der Waals surface area contributed by atoms with Crippen LogP contribution in [0.15, 0.2) is 18.2 Å². The van der Waals surface area contributed by atoms with Crippen LogP contribution in [0.25, 0.3) is 0 Å². The van der Waals surface area contributed by atoms with Crippen molar-refractivity contribution < 1.29 is 17.6 Å². The van der Waals surface area contributed by atoms with Gasteiger partial charge in [-0.1, -0.05) is 12.1 Å². The number of halogens is 4. The van der Waals surface area contributed by atoms with Crippen molar-refractivity contribution in [1.29, 1.82) is 0 Å². The van der Waals surface area contributed by atoms with E-state index < -0.39 is 17.6 Å². The van der Waals surface area contributed by atoms with Crippen molar-refractivity contribution in [3.63, 3.8) is 0 Å². The summed E-state index contributed by atoms with van der Waals surface area (Å²) in [5.74, 6) is -1.22. The number of benzene rings is 1. The zero-order valence-corrected chi connectivity index (χ0v) is 8.11. The van der Waals surface area contributed by atoms with Crippen molar-refractivity contribution in [2.45, 2.75) is 25.6 Å². The first-order chi connectivity index (χ1) is 6.82. The molecule has 5 heteroatoms. The molecule has 15 heavy (non-hydrogen) atoms. The Kier molecular flexibility index (Phi) is 3.34. The van der Waals surface area contributed by atoms with Crippen LogP contribution in [0, 0.1) is 5.82 Å². The maximum atomic E-state index is 13.4. The summed E-state index contributed by atoms with van der Waals surface area (Å²) in [6.07, 6.45) is -4.56. The molecule has 2 N–H and O–H groups in total. The molecule has 0 heterocycles. The van der Waals surface area contributed by atoms with Gasteiger partial charge in [0, 0.05) is 6.04 Å². The minimum atomic E-state index is -4.65. The molecule has 0 amide bonds. The third-order valence-corrected chi connectivity index (χ3v) is 1.93. The fraction of sp³-hybridized carbons (Fsp3) is 0.400. The molecular formula is C10H11F4N. The lowest BCUT2D eigenvalue weighted by Gasteiger charge is -2.12. The van der Waals surface area contributed by atoms with Crippen molar-refractivity contribution >= 4 is 0 Å². The van der Waals surface area contributed by atoms with Gasteiger partial charge in [0.15, 0.2) is 0 Å². The van der Waals surface area contributed by atoms with E-state index in [9.17, 15) is 17.6 Å². The molecular weight excluding hydrogens is 210 g/mol. The summed E-state index contributed by atoms with van der Waals surface area (Å²) in [7, 11) is 0. The van der Waals surface area contributed by atoms with Gasteiger partial charge < -0.3 is 5.73 Å². The van der Waals surface area contributed by atoms with Crippen LogP contribution < -0.4 is 5.73 Å². The molecule has 84 valence electrons. The van der Waals surface area contributed by atoms with Crippen LogP contribution >= 0.6 is 0 Å². The monoisotopic (exact) mass is 221 g/mol. The quantitative estimate of drug-likeness (QED) is 0.763. The molecule has 0 aliphatic carbocycles. The Morgan fingerprint density at radius 1 is 1.33 bits per heavy atom. The molecule has 1 rings (SSSR count). The van der Waals surface area contributed by atoms with E-state index in [0.29, 0.717) is 0 Å². The molecule has 0 spiro atoms. The molecule has 1 aromatic rings. The summed E-state index contributed by atoms with van der Waals surface area (Å²) in [5, 5.41) is 0. The molecule has 0 aliphatic rings. The highest BCUT2D eigenvalue weighted by molar-refractivity contribution is 5.28. The summed E-state index contributed by atoms with van der Waals surface area (Å²) in [4.78, 5) is 0. The zero-order chi connectivity index (χ0) is 11.6. The molecule has 0 fully saturated rings. The molecule has 0 bridgehead atoms. The van der Waals surface area contributed by atoms with Crippen LogP contribution in [0.2, 0.25) is 0 Å². The number of hydrogen-bond donors (Lipinski definition) is 1. The van der Waals surface area contributed by atoms with E-state index in [1.807, 2.05) is 0 Å². The lowest BCUT2D eigenvalue weighted by atomic mass is 10.0. The standard InChI is InChI=1S/C10H11F4N/c1-6(15)5-7-3-2-4-8(9(7)11)10(12,13)14/h2-4,6H,5,15H2,1H3/t6-/m1/s1. The van der Waals surface area contributed by atoms with Crippen molar-refractivity contribution in [2.75, 3.05) is 0 Å². The van der Waals surface area contributed by atoms with Crippen LogP contribution in [-0.4, -0.2) is 6.04 Å². The smallest absolute Gasteiger partial charge is 0.328 e. The van der Waals surface area contributed by atoms with E-state index in [2.05, 4.69) is 0 Å². The van der Waals surface area contributed by atoms with Gasteiger partial charge in [-0.25, -0.2) is 4.39 Å². The fourth-order valence-electron chi connectivity index (χ4n) is 1.30. The number of hydrogen-bond acceptors (Lipinski definition) is 1. The summed E-state index contributed by atoms with van der Waals surface area (Å²) in [6, 6.07) is 2.85. The van der Waals surface area contributed by atoms with Gasteiger partial charge in [0.2, 0.25) is 0 Å². The van der Waals surface area contributed by atoms with E-state index in [0.717, 1.165) is 6.07 Å².